The van der Waals surface area contributed by atoms with E-state index < -0.39 is 18.0 Å². The fourth-order valence-electron chi connectivity index (χ4n) is 7.30. The highest BCUT2D eigenvalue weighted by Crippen LogP contribution is 2.26. The molecule has 2 unspecified atom stereocenters. The van der Waals surface area contributed by atoms with Gasteiger partial charge in [0.05, 0.1) is 32.5 Å². The Labute approximate surface area is 411 Å². The van der Waals surface area contributed by atoms with Crippen LogP contribution in [0, 0.1) is 11.8 Å². The van der Waals surface area contributed by atoms with Crippen molar-refractivity contribution in [1.82, 2.24) is 21.3 Å². The van der Waals surface area contributed by atoms with Gasteiger partial charge in [-0.3, -0.25) is 14.4 Å². The molecule has 0 saturated heterocycles. The molecule has 1 aliphatic rings. The quantitative estimate of drug-likeness (QED) is 0.0250. The van der Waals surface area contributed by atoms with Crippen molar-refractivity contribution in [3.63, 3.8) is 0 Å². The van der Waals surface area contributed by atoms with Gasteiger partial charge in [0.15, 0.2) is 0 Å². The summed E-state index contributed by atoms with van der Waals surface area (Å²) in [5, 5.41) is 28.4. The van der Waals surface area contributed by atoms with Crippen LogP contribution in [-0.2, 0) is 47.8 Å². The average molecular weight is 974 g/mol. The van der Waals surface area contributed by atoms with Crippen molar-refractivity contribution in [3.05, 3.63) is 0 Å². The summed E-state index contributed by atoms with van der Waals surface area (Å²) in [5.41, 5.74) is 5.35. The molecule has 0 aromatic rings. The molecule has 0 aromatic heterocycles. The van der Waals surface area contributed by atoms with Gasteiger partial charge in [-0.25, -0.2) is 0 Å². The van der Waals surface area contributed by atoms with Crippen molar-refractivity contribution in [2.45, 2.75) is 192 Å². The molecule has 17 nitrogen and oxygen atoms in total. The number of aldehydes is 4. The topological polar surface area (TPSA) is 262 Å². The van der Waals surface area contributed by atoms with Crippen LogP contribution < -0.4 is 27.0 Å². The minimum Gasteiger partial charge on any atom is -0.481 e. The van der Waals surface area contributed by atoms with Gasteiger partial charge < -0.3 is 70.6 Å². The monoisotopic (exact) mass is 974 g/mol. The summed E-state index contributed by atoms with van der Waals surface area (Å²) in [4.78, 5) is 73.2. The van der Waals surface area contributed by atoms with Crippen LogP contribution in [-0.4, -0.2) is 146 Å². The number of hydrogen-bond acceptors (Lipinski definition) is 14. The Bertz CT molecular complexity index is 1150. The molecule has 400 valence electrons. The molecular weight excluding hydrogens is 875 g/mol. The molecular formula is C51H99N5O12. The summed E-state index contributed by atoms with van der Waals surface area (Å²) in [7, 11) is 5.26. The van der Waals surface area contributed by atoms with Crippen LogP contribution in [0.15, 0.2) is 0 Å². The van der Waals surface area contributed by atoms with Gasteiger partial charge >= 0.3 is 11.9 Å². The molecule has 2 atom stereocenters. The lowest BCUT2D eigenvalue weighted by Crippen LogP contribution is -2.43. The van der Waals surface area contributed by atoms with Crippen molar-refractivity contribution in [1.29, 1.82) is 0 Å². The van der Waals surface area contributed by atoms with Crippen LogP contribution in [0.25, 0.3) is 0 Å². The highest BCUT2D eigenvalue weighted by atomic mass is 16.5. The van der Waals surface area contributed by atoms with Crippen molar-refractivity contribution in [3.8, 4) is 0 Å². The number of carboxylic acid groups (broad SMARTS) is 2. The highest BCUT2D eigenvalue weighted by molar-refractivity contribution is 5.81. The van der Waals surface area contributed by atoms with E-state index in [9.17, 15) is 33.6 Å². The van der Waals surface area contributed by atoms with Crippen LogP contribution in [0.1, 0.15) is 180 Å². The van der Waals surface area contributed by atoms with E-state index in [4.69, 9.17) is 30.2 Å². The lowest BCUT2D eigenvalue weighted by Gasteiger charge is -2.24. The summed E-state index contributed by atoms with van der Waals surface area (Å²) in [5.74, 6) is -0.483. The van der Waals surface area contributed by atoms with Gasteiger partial charge in [0, 0.05) is 51.4 Å². The number of likely N-dealkylation sites (N-methyl/N-ethyl adjacent to an activating group) is 2. The van der Waals surface area contributed by atoms with E-state index in [0.717, 1.165) is 82.7 Å². The molecule has 0 radical (unpaired) electrons. The van der Waals surface area contributed by atoms with Crippen LogP contribution >= 0.6 is 0 Å². The summed E-state index contributed by atoms with van der Waals surface area (Å²) >= 11 is 0. The minimum atomic E-state index is -0.913. The van der Waals surface area contributed by atoms with Crippen LogP contribution in [0.3, 0.4) is 0 Å². The molecule has 0 bridgehead atoms. The van der Waals surface area contributed by atoms with E-state index in [2.05, 4.69) is 21.3 Å². The maximum absolute atomic E-state index is 11.8. The molecule has 17 heteroatoms. The van der Waals surface area contributed by atoms with Gasteiger partial charge in [0.2, 0.25) is 5.91 Å². The number of ether oxygens (including phenoxy) is 3. The lowest BCUT2D eigenvalue weighted by molar-refractivity contribution is -0.139. The fourth-order valence-corrected chi connectivity index (χ4v) is 7.30. The van der Waals surface area contributed by atoms with Gasteiger partial charge in [0.25, 0.3) is 0 Å². The first-order valence-corrected chi connectivity index (χ1v) is 26.0. The van der Waals surface area contributed by atoms with Gasteiger partial charge in [-0.1, -0.05) is 89.9 Å². The Hall–Kier alpha value is -3.19. The number of carbonyl (C=O) groups excluding carboxylic acids is 5. The molecule has 0 heterocycles. The predicted octanol–water partition coefficient (Wildman–Crippen LogP) is 6.60. The molecule has 1 rings (SSSR count). The second-order valence-electron chi connectivity index (χ2n) is 17.4. The number of unbranched alkanes of at least 4 members (excludes halogenated alkanes) is 16. The summed E-state index contributed by atoms with van der Waals surface area (Å²) < 4.78 is 16.1. The maximum Gasteiger partial charge on any atom is 0.320 e. The number of nitrogens with one attached hydrogen (secondary N) is 4. The summed E-state index contributed by atoms with van der Waals surface area (Å²) in [6.45, 7) is 5.72. The van der Waals surface area contributed by atoms with Gasteiger partial charge in [-0.15, -0.1) is 0 Å². The third kappa shape index (κ3) is 53.8. The summed E-state index contributed by atoms with van der Waals surface area (Å²) in [6.07, 6.45) is 32.7. The lowest BCUT2D eigenvalue weighted by atomic mass is 9.83. The standard InChI is InChI=1S/C20H38O3.C16H33N3O5.C9H17NO.C6H11NO3/c21-19-17-15-13-11-9-7-5-3-1-2-4-6-8-10-12-14-16-18-20(22)23;1-18-15(5-2-8-20)16(21)19-7-4-10-23-12-14-24-13-11-22-9-3-6-17;1-10-6-8-2-4-9(7-11)5-3-8;1-7-5(6(9)10)3-2-4-8/h19H,1-18H2,(H,22,23);8,15,18H,2-7,9-14,17H2,1H3,(H,19,21);7-10H,2-6H2,1H3;4-5,7H,2-3H2,1H3,(H,9,10). The predicted molar refractivity (Wildman–Crippen MR) is 270 cm³/mol. The zero-order valence-electron chi connectivity index (χ0n) is 42.8. The largest absolute Gasteiger partial charge is 0.481 e. The van der Waals surface area contributed by atoms with Crippen molar-refractivity contribution in [2.24, 2.45) is 17.6 Å². The van der Waals surface area contributed by atoms with Crippen LogP contribution in [0.2, 0.25) is 0 Å². The Balaban J connectivity index is -0.000000884. The molecule has 1 saturated carbocycles. The van der Waals surface area contributed by atoms with Crippen molar-refractivity contribution < 1.29 is 58.0 Å². The normalized spacial score (nSPS) is 14.9. The van der Waals surface area contributed by atoms with Crippen LogP contribution in [0.4, 0.5) is 0 Å². The molecule has 1 aliphatic carbocycles. The van der Waals surface area contributed by atoms with Crippen LogP contribution in [0.5, 0.6) is 0 Å². The van der Waals surface area contributed by atoms with E-state index in [0.29, 0.717) is 90.6 Å². The fraction of sp³-hybridized carbons (Fsp3) is 0.863. The zero-order chi connectivity index (χ0) is 51.0. The Morgan fingerprint density at radius 3 is 1.38 bits per heavy atom. The van der Waals surface area contributed by atoms with E-state index in [1.54, 1.807) is 14.1 Å². The van der Waals surface area contributed by atoms with Crippen molar-refractivity contribution in [2.75, 3.05) is 80.4 Å². The van der Waals surface area contributed by atoms with E-state index >= 15 is 0 Å². The maximum atomic E-state index is 11.8. The third-order valence-corrected chi connectivity index (χ3v) is 11.5. The number of aliphatic carboxylic acids is 2. The molecule has 1 fully saturated rings. The highest BCUT2D eigenvalue weighted by Gasteiger charge is 2.19. The van der Waals surface area contributed by atoms with E-state index in [1.165, 1.54) is 96.3 Å². The molecule has 0 aromatic carbocycles. The van der Waals surface area contributed by atoms with Gasteiger partial charge in [0.1, 0.15) is 31.2 Å². The number of carboxylic acids is 2. The molecule has 8 N–H and O–H groups in total. The second kappa shape index (κ2) is 58.1. The second-order valence-corrected chi connectivity index (χ2v) is 17.4. The minimum absolute atomic E-state index is 0.0858. The summed E-state index contributed by atoms with van der Waals surface area (Å²) in [6, 6.07) is -0.915. The molecule has 1 amide bonds. The average Bonchev–Trinajstić information content (AvgIpc) is 3.34. The smallest absolute Gasteiger partial charge is 0.320 e. The number of amides is 1. The Morgan fingerprint density at radius 1 is 0.559 bits per heavy atom. The van der Waals surface area contributed by atoms with E-state index in [-0.39, 0.29) is 18.4 Å². The Kier molecular flexibility index (Phi) is 59.0. The SMILES string of the molecule is CNC(CCC=O)C(=O)NCCCOCCOCCOCCCN.CNC(CCC=O)C(=O)O.CNCC1CCC(C=O)CC1.O=CCCCCCCCCCCCCCCCCCCC(=O)O. The molecule has 0 spiro atoms. The molecule has 0 aliphatic heterocycles. The van der Waals surface area contributed by atoms with E-state index in [1.807, 2.05) is 7.05 Å². The van der Waals surface area contributed by atoms with Crippen molar-refractivity contribution >= 4 is 43.0 Å². The number of nitrogens with two attached hydrogens (primary N) is 1. The third-order valence-electron chi connectivity index (χ3n) is 11.5. The first-order chi connectivity index (χ1) is 33.1. The number of rotatable bonds is 45. The first-order valence-electron chi connectivity index (χ1n) is 26.0. The number of carbonyl (C=O) groups is 7. The Morgan fingerprint density at radius 2 is 0.985 bits per heavy atom. The zero-order valence-corrected chi connectivity index (χ0v) is 42.8. The van der Waals surface area contributed by atoms with Gasteiger partial charge in [-0.05, 0) is 104 Å². The first kappa shape index (κ1) is 69.1. The van der Waals surface area contributed by atoms with Gasteiger partial charge in [-0.2, -0.15) is 0 Å². The number of hydrogen-bond donors (Lipinski definition) is 7. The molecule has 68 heavy (non-hydrogen) atoms.